The van der Waals surface area contributed by atoms with E-state index in [0.29, 0.717) is 29.8 Å². The molecule has 1 amide bonds. The molecule has 5 rings (SSSR count). The predicted octanol–water partition coefficient (Wildman–Crippen LogP) is 4.87. The second kappa shape index (κ2) is 11.2. The Morgan fingerprint density at radius 1 is 0.897 bits per heavy atom. The topological polar surface area (TPSA) is 120 Å². The average Bonchev–Trinajstić information content (AvgIpc) is 3.35. The number of nitrogens with zero attached hydrogens (tertiary/aromatic N) is 1. The quantitative estimate of drug-likeness (QED) is 0.186. The number of hydrogen-bond acceptors (Lipinski definition) is 4. The number of carboxylic acid groups (broad SMARTS) is 1. The Balaban J connectivity index is 1.44. The van der Waals surface area contributed by atoms with Crippen molar-refractivity contribution in [1.29, 1.82) is 5.41 Å². The number of anilines is 1. The van der Waals surface area contributed by atoms with Crippen LogP contribution in [0.2, 0.25) is 0 Å². The molecule has 7 heteroatoms. The number of nitrogens with two attached hydrogens (primary N) is 1. The zero-order chi connectivity index (χ0) is 27.4. The number of carbonyl (C=O) groups excluding carboxylic acids is 1. The van der Waals surface area contributed by atoms with Crippen molar-refractivity contribution in [3.8, 4) is 11.1 Å². The highest BCUT2D eigenvalue weighted by Crippen LogP contribution is 2.34. The van der Waals surface area contributed by atoms with Gasteiger partial charge in [0.2, 0.25) is 0 Å². The molecule has 0 saturated heterocycles. The maximum atomic E-state index is 13.1. The van der Waals surface area contributed by atoms with Crippen LogP contribution in [0.3, 0.4) is 0 Å². The van der Waals surface area contributed by atoms with Crippen LogP contribution in [0, 0.1) is 5.41 Å². The molecule has 0 aromatic heterocycles. The Morgan fingerprint density at radius 3 is 2.41 bits per heavy atom. The summed E-state index contributed by atoms with van der Waals surface area (Å²) >= 11 is 0. The molecule has 39 heavy (non-hydrogen) atoms. The number of carboxylic acids is 1. The third-order valence-electron chi connectivity index (χ3n) is 7.11. The van der Waals surface area contributed by atoms with Gasteiger partial charge in [0, 0.05) is 36.4 Å². The molecule has 0 fully saturated rings. The van der Waals surface area contributed by atoms with Gasteiger partial charge < -0.3 is 21.1 Å². The van der Waals surface area contributed by atoms with Gasteiger partial charge in [0.15, 0.2) is 0 Å². The molecule has 5 N–H and O–H groups in total. The summed E-state index contributed by atoms with van der Waals surface area (Å²) in [5.74, 6) is -1.17. The number of carbonyl (C=O) groups is 2. The summed E-state index contributed by atoms with van der Waals surface area (Å²) < 4.78 is 0. The number of rotatable bonds is 9. The molecule has 1 aliphatic heterocycles. The van der Waals surface area contributed by atoms with Gasteiger partial charge in [0.05, 0.1) is 5.56 Å². The number of aromatic carboxylic acids is 1. The molecule has 0 spiro atoms. The van der Waals surface area contributed by atoms with E-state index in [-0.39, 0.29) is 17.3 Å². The normalized spacial score (nSPS) is 12.2. The van der Waals surface area contributed by atoms with Crippen molar-refractivity contribution in [3.05, 3.63) is 124 Å². The van der Waals surface area contributed by atoms with E-state index < -0.39 is 5.97 Å². The van der Waals surface area contributed by atoms with Crippen molar-refractivity contribution in [2.24, 2.45) is 5.73 Å². The van der Waals surface area contributed by atoms with E-state index in [4.69, 9.17) is 11.1 Å². The molecule has 0 atom stereocenters. The number of amides is 1. The van der Waals surface area contributed by atoms with Crippen molar-refractivity contribution in [2.75, 3.05) is 18.0 Å². The molecule has 0 radical (unpaired) electrons. The van der Waals surface area contributed by atoms with Crippen LogP contribution in [0.25, 0.3) is 11.1 Å². The van der Waals surface area contributed by atoms with Gasteiger partial charge in [0.25, 0.3) is 5.91 Å². The Morgan fingerprint density at radius 2 is 1.64 bits per heavy atom. The minimum atomic E-state index is -1.02. The number of nitrogens with one attached hydrogen (secondary N) is 2. The number of amidine groups is 1. The van der Waals surface area contributed by atoms with Crippen LogP contribution in [0.15, 0.2) is 91.0 Å². The first-order valence-corrected chi connectivity index (χ1v) is 12.9. The standard InChI is InChI=1S/C32H30N4O3/c33-30(34)23-12-13-29-22(18-23)15-17-36(29)20-25-11-10-24(31(37)35-16-14-21-6-2-1-3-7-21)19-28(25)26-8-4-5-9-27(26)32(38)39/h1-13,18-19H,14-17,20H2,(H3,33,34)(H,35,37)(H,38,39). The van der Waals surface area contributed by atoms with Crippen LogP contribution in [-0.2, 0) is 19.4 Å². The Kier molecular flexibility index (Phi) is 7.41. The maximum Gasteiger partial charge on any atom is 0.336 e. The van der Waals surface area contributed by atoms with Crippen molar-refractivity contribution >= 4 is 23.4 Å². The largest absolute Gasteiger partial charge is 0.478 e. The summed E-state index contributed by atoms with van der Waals surface area (Å²) in [6.45, 7) is 1.84. The zero-order valence-electron chi connectivity index (χ0n) is 21.5. The van der Waals surface area contributed by atoms with Crippen LogP contribution in [0.1, 0.15) is 43.0 Å². The molecule has 4 aromatic carbocycles. The minimum absolute atomic E-state index is 0.0430. The smallest absolute Gasteiger partial charge is 0.336 e. The molecule has 196 valence electrons. The molecule has 0 aliphatic carbocycles. The summed E-state index contributed by atoms with van der Waals surface area (Å²) in [5.41, 5.74) is 12.6. The highest BCUT2D eigenvalue weighted by atomic mass is 16.4. The van der Waals surface area contributed by atoms with Gasteiger partial charge in [-0.25, -0.2) is 4.79 Å². The summed E-state index contributed by atoms with van der Waals surface area (Å²) in [6, 6.07) is 28.2. The molecule has 4 aromatic rings. The highest BCUT2D eigenvalue weighted by Gasteiger charge is 2.23. The fourth-order valence-corrected chi connectivity index (χ4v) is 5.09. The van der Waals surface area contributed by atoms with Gasteiger partial charge in [-0.05, 0) is 77.1 Å². The Bertz CT molecular complexity index is 1550. The van der Waals surface area contributed by atoms with Gasteiger partial charge in [0.1, 0.15) is 5.84 Å². The molecule has 7 nitrogen and oxygen atoms in total. The molecule has 0 unspecified atom stereocenters. The fraction of sp³-hybridized carbons (Fsp3) is 0.156. The molecule has 0 saturated carbocycles. The average molecular weight is 519 g/mol. The third-order valence-corrected chi connectivity index (χ3v) is 7.11. The highest BCUT2D eigenvalue weighted by molar-refractivity contribution is 5.99. The van der Waals surface area contributed by atoms with Crippen molar-refractivity contribution in [3.63, 3.8) is 0 Å². The molecular formula is C32H30N4O3. The Labute approximate surface area is 227 Å². The van der Waals surface area contributed by atoms with Crippen LogP contribution in [-0.4, -0.2) is 35.9 Å². The lowest BCUT2D eigenvalue weighted by molar-refractivity contribution is 0.0697. The lowest BCUT2D eigenvalue weighted by Gasteiger charge is -2.22. The van der Waals surface area contributed by atoms with Gasteiger partial charge in [-0.1, -0.05) is 54.6 Å². The van der Waals surface area contributed by atoms with E-state index in [0.717, 1.165) is 47.3 Å². The lowest BCUT2D eigenvalue weighted by Crippen LogP contribution is -2.26. The Hall–Kier alpha value is -4.91. The van der Waals surface area contributed by atoms with E-state index in [1.54, 1.807) is 30.3 Å². The number of fused-ring (bicyclic) bond motifs is 1. The fourth-order valence-electron chi connectivity index (χ4n) is 5.09. The van der Waals surface area contributed by atoms with Gasteiger partial charge in [-0.3, -0.25) is 10.2 Å². The predicted molar refractivity (Wildman–Crippen MR) is 154 cm³/mol. The first-order valence-electron chi connectivity index (χ1n) is 12.9. The summed E-state index contributed by atoms with van der Waals surface area (Å²) in [6.07, 6.45) is 1.55. The number of nitrogen functional groups attached to an aromatic ring is 1. The van der Waals surface area contributed by atoms with Crippen molar-refractivity contribution in [1.82, 2.24) is 5.32 Å². The first kappa shape index (κ1) is 25.7. The lowest BCUT2D eigenvalue weighted by atomic mass is 9.93. The third kappa shape index (κ3) is 5.67. The SMILES string of the molecule is N=C(N)c1ccc2c(c1)CCN2Cc1ccc(C(=O)NCCc2ccccc2)cc1-c1ccccc1C(=O)O. The summed E-state index contributed by atoms with van der Waals surface area (Å²) in [4.78, 5) is 27.4. The zero-order valence-corrected chi connectivity index (χ0v) is 21.5. The van der Waals surface area contributed by atoms with E-state index >= 15 is 0 Å². The minimum Gasteiger partial charge on any atom is -0.478 e. The van der Waals surface area contributed by atoms with Gasteiger partial charge >= 0.3 is 5.97 Å². The molecular weight excluding hydrogens is 488 g/mol. The van der Waals surface area contributed by atoms with E-state index in [9.17, 15) is 14.7 Å². The van der Waals surface area contributed by atoms with Crippen molar-refractivity contribution in [2.45, 2.75) is 19.4 Å². The second-order valence-corrected chi connectivity index (χ2v) is 9.64. The van der Waals surface area contributed by atoms with Gasteiger partial charge in [-0.15, -0.1) is 0 Å². The summed E-state index contributed by atoms with van der Waals surface area (Å²) in [7, 11) is 0. The monoisotopic (exact) mass is 518 g/mol. The van der Waals surface area contributed by atoms with Crippen LogP contribution < -0.4 is 16.0 Å². The van der Waals surface area contributed by atoms with Crippen LogP contribution >= 0.6 is 0 Å². The summed E-state index contributed by atoms with van der Waals surface area (Å²) in [5, 5.41) is 20.6. The van der Waals surface area contributed by atoms with E-state index in [1.165, 1.54) is 0 Å². The number of benzene rings is 4. The van der Waals surface area contributed by atoms with E-state index in [1.807, 2.05) is 60.7 Å². The van der Waals surface area contributed by atoms with Gasteiger partial charge in [-0.2, -0.15) is 0 Å². The first-order chi connectivity index (χ1) is 18.9. The maximum absolute atomic E-state index is 13.1. The van der Waals surface area contributed by atoms with E-state index in [2.05, 4.69) is 10.2 Å². The second-order valence-electron chi connectivity index (χ2n) is 9.64. The molecule has 0 bridgehead atoms. The van der Waals surface area contributed by atoms with Crippen molar-refractivity contribution < 1.29 is 14.7 Å². The number of hydrogen-bond donors (Lipinski definition) is 4. The molecule has 1 heterocycles. The molecule has 1 aliphatic rings. The van der Waals surface area contributed by atoms with Crippen LogP contribution in [0.5, 0.6) is 0 Å². The van der Waals surface area contributed by atoms with Crippen LogP contribution in [0.4, 0.5) is 5.69 Å².